The summed E-state index contributed by atoms with van der Waals surface area (Å²) in [5.41, 5.74) is 2.66. The molecule has 112 valence electrons. The lowest BCUT2D eigenvalue weighted by Crippen LogP contribution is -2.31. The molecule has 0 aliphatic rings. The van der Waals surface area contributed by atoms with E-state index < -0.39 is 0 Å². The molecule has 0 heterocycles. The summed E-state index contributed by atoms with van der Waals surface area (Å²) in [5.74, 6) is 0. The average molecular weight is 275 g/mol. The molecule has 0 radical (unpaired) electrons. The molecule has 1 aromatic carbocycles. The SMILES string of the molecule is CCCCCc1ccc(/C=C/CC(CO)NCC)cc1. The van der Waals surface area contributed by atoms with Gasteiger partial charge < -0.3 is 10.4 Å². The van der Waals surface area contributed by atoms with Gasteiger partial charge in [-0.15, -0.1) is 0 Å². The summed E-state index contributed by atoms with van der Waals surface area (Å²) in [7, 11) is 0. The van der Waals surface area contributed by atoms with Gasteiger partial charge in [-0.05, 0) is 36.9 Å². The van der Waals surface area contributed by atoms with E-state index in [2.05, 4.69) is 55.6 Å². The first-order valence-electron chi connectivity index (χ1n) is 7.89. The molecule has 0 amide bonds. The number of hydrogen-bond acceptors (Lipinski definition) is 2. The number of rotatable bonds is 10. The molecular formula is C18H29NO. The van der Waals surface area contributed by atoms with Crippen LogP contribution in [0.4, 0.5) is 0 Å². The first-order valence-corrected chi connectivity index (χ1v) is 7.89. The normalized spacial score (nSPS) is 12.9. The highest BCUT2D eigenvalue weighted by molar-refractivity contribution is 5.49. The van der Waals surface area contributed by atoms with Crippen LogP contribution in [0.1, 0.15) is 50.7 Å². The number of likely N-dealkylation sites (N-methyl/N-ethyl adjacent to an activating group) is 1. The summed E-state index contributed by atoms with van der Waals surface area (Å²) in [6, 6.07) is 8.98. The van der Waals surface area contributed by atoms with E-state index in [0.717, 1.165) is 13.0 Å². The Labute approximate surface area is 123 Å². The van der Waals surface area contributed by atoms with Gasteiger partial charge in [0.15, 0.2) is 0 Å². The molecule has 0 fully saturated rings. The van der Waals surface area contributed by atoms with Crippen molar-refractivity contribution in [3.05, 3.63) is 41.5 Å². The minimum atomic E-state index is 0.171. The third-order valence-corrected chi connectivity index (χ3v) is 3.49. The maximum Gasteiger partial charge on any atom is 0.0587 e. The van der Waals surface area contributed by atoms with Crippen molar-refractivity contribution in [2.45, 2.75) is 52.0 Å². The number of aryl methyl sites for hydroxylation is 1. The third kappa shape index (κ3) is 6.88. The topological polar surface area (TPSA) is 32.3 Å². The fourth-order valence-electron chi connectivity index (χ4n) is 2.25. The Kier molecular flexibility index (Phi) is 9.01. The van der Waals surface area contributed by atoms with Crippen molar-refractivity contribution in [3.8, 4) is 0 Å². The summed E-state index contributed by atoms with van der Waals surface area (Å²) < 4.78 is 0. The van der Waals surface area contributed by atoms with E-state index in [1.807, 2.05) is 0 Å². The molecular weight excluding hydrogens is 246 g/mol. The molecule has 0 aromatic heterocycles. The standard InChI is InChI=1S/C18H29NO/c1-3-5-6-8-16-11-13-17(14-12-16)9-7-10-18(15-20)19-4-2/h7,9,11-14,18-20H,3-6,8,10,15H2,1-2H3/b9-7+. The van der Waals surface area contributed by atoms with Crippen LogP contribution < -0.4 is 5.32 Å². The lowest BCUT2D eigenvalue weighted by atomic mass is 10.0. The van der Waals surface area contributed by atoms with Gasteiger partial charge in [-0.25, -0.2) is 0 Å². The molecule has 1 rings (SSSR count). The van der Waals surface area contributed by atoms with Gasteiger partial charge in [-0.3, -0.25) is 0 Å². The van der Waals surface area contributed by atoms with Crippen molar-refractivity contribution < 1.29 is 5.11 Å². The van der Waals surface area contributed by atoms with Crippen LogP contribution >= 0.6 is 0 Å². The van der Waals surface area contributed by atoms with Gasteiger partial charge in [0.05, 0.1) is 6.61 Å². The van der Waals surface area contributed by atoms with Crippen LogP contribution in [0.2, 0.25) is 0 Å². The summed E-state index contributed by atoms with van der Waals surface area (Å²) in [6.45, 7) is 5.38. The minimum Gasteiger partial charge on any atom is -0.395 e. The monoisotopic (exact) mass is 275 g/mol. The second-order valence-corrected chi connectivity index (χ2v) is 5.27. The maximum atomic E-state index is 9.20. The second-order valence-electron chi connectivity index (χ2n) is 5.27. The van der Waals surface area contributed by atoms with Gasteiger partial charge in [-0.1, -0.05) is 63.1 Å². The Morgan fingerprint density at radius 1 is 1.15 bits per heavy atom. The third-order valence-electron chi connectivity index (χ3n) is 3.49. The fraction of sp³-hybridized carbons (Fsp3) is 0.556. The second kappa shape index (κ2) is 10.6. The van der Waals surface area contributed by atoms with E-state index in [9.17, 15) is 5.11 Å². The van der Waals surface area contributed by atoms with Crippen molar-refractivity contribution in [2.24, 2.45) is 0 Å². The summed E-state index contributed by atoms with van der Waals surface area (Å²) in [6.07, 6.45) is 10.2. The largest absolute Gasteiger partial charge is 0.395 e. The zero-order chi connectivity index (χ0) is 14.6. The van der Waals surface area contributed by atoms with Crippen molar-refractivity contribution >= 4 is 6.08 Å². The predicted octanol–water partition coefficient (Wildman–Crippen LogP) is 3.79. The zero-order valence-electron chi connectivity index (χ0n) is 12.9. The van der Waals surface area contributed by atoms with Gasteiger partial charge in [-0.2, -0.15) is 0 Å². The van der Waals surface area contributed by atoms with E-state index in [4.69, 9.17) is 0 Å². The molecule has 0 aliphatic heterocycles. The molecule has 1 unspecified atom stereocenters. The number of unbranched alkanes of at least 4 members (excludes halogenated alkanes) is 2. The van der Waals surface area contributed by atoms with E-state index in [-0.39, 0.29) is 12.6 Å². The Hall–Kier alpha value is -1.12. The molecule has 2 nitrogen and oxygen atoms in total. The Balaban J connectivity index is 2.40. The first-order chi connectivity index (χ1) is 9.80. The van der Waals surface area contributed by atoms with E-state index in [1.165, 1.54) is 36.8 Å². The quantitative estimate of drug-likeness (QED) is 0.637. The van der Waals surface area contributed by atoms with Crippen LogP contribution in [0.5, 0.6) is 0 Å². The average Bonchev–Trinajstić information content (AvgIpc) is 2.48. The highest BCUT2D eigenvalue weighted by Gasteiger charge is 2.01. The summed E-state index contributed by atoms with van der Waals surface area (Å²) in [5, 5.41) is 12.5. The summed E-state index contributed by atoms with van der Waals surface area (Å²) >= 11 is 0. The maximum absolute atomic E-state index is 9.20. The lowest BCUT2D eigenvalue weighted by Gasteiger charge is -2.11. The number of aliphatic hydroxyl groups excluding tert-OH is 1. The van der Waals surface area contributed by atoms with Gasteiger partial charge in [0.25, 0.3) is 0 Å². The van der Waals surface area contributed by atoms with Gasteiger partial charge in [0.2, 0.25) is 0 Å². The van der Waals surface area contributed by atoms with Crippen molar-refractivity contribution in [1.29, 1.82) is 0 Å². The fourth-order valence-corrected chi connectivity index (χ4v) is 2.25. The Morgan fingerprint density at radius 2 is 1.90 bits per heavy atom. The number of nitrogens with one attached hydrogen (secondary N) is 1. The van der Waals surface area contributed by atoms with Crippen LogP contribution in [-0.2, 0) is 6.42 Å². The highest BCUT2D eigenvalue weighted by atomic mass is 16.3. The van der Waals surface area contributed by atoms with Crippen LogP contribution in [0, 0.1) is 0 Å². The summed E-state index contributed by atoms with van der Waals surface area (Å²) in [4.78, 5) is 0. The molecule has 20 heavy (non-hydrogen) atoms. The van der Waals surface area contributed by atoms with E-state index in [1.54, 1.807) is 0 Å². The molecule has 0 spiro atoms. The first kappa shape index (κ1) is 16.9. The van der Waals surface area contributed by atoms with Crippen LogP contribution in [0.15, 0.2) is 30.3 Å². The minimum absolute atomic E-state index is 0.171. The molecule has 0 saturated carbocycles. The van der Waals surface area contributed by atoms with E-state index >= 15 is 0 Å². The van der Waals surface area contributed by atoms with Crippen molar-refractivity contribution in [2.75, 3.05) is 13.2 Å². The Morgan fingerprint density at radius 3 is 2.50 bits per heavy atom. The number of benzene rings is 1. The lowest BCUT2D eigenvalue weighted by molar-refractivity contribution is 0.245. The zero-order valence-corrected chi connectivity index (χ0v) is 12.9. The molecule has 1 atom stereocenters. The molecule has 0 saturated heterocycles. The molecule has 0 aliphatic carbocycles. The van der Waals surface area contributed by atoms with Gasteiger partial charge in [0.1, 0.15) is 0 Å². The van der Waals surface area contributed by atoms with E-state index in [0.29, 0.717) is 0 Å². The highest BCUT2D eigenvalue weighted by Crippen LogP contribution is 2.10. The predicted molar refractivity (Wildman–Crippen MR) is 87.9 cm³/mol. The van der Waals surface area contributed by atoms with Crippen LogP contribution in [0.3, 0.4) is 0 Å². The van der Waals surface area contributed by atoms with Crippen LogP contribution in [0.25, 0.3) is 6.08 Å². The smallest absolute Gasteiger partial charge is 0.0587 e. The van der Waals surface area contributed by atoms with Crippen LogP contribution in [-0.4, -0.2) is 24.3 Å². The van der Waals surface area contributed by atoms with Crippen molar-refractivity contribution in [3.63, 3.8) is 0 Å². The van der Waals surface area contributed by atoms with Crippen molar-refractivity contribution in [1.82, 2.24) is 5.32 Å². The van der Waals surface area contributed by atoms with Gasteiger partial charge >= 0.3 is 0 Å². The molecule has 2 heteroatoms. The molecule has 1 aromatic rings. The number of aliphatic hydroxyl groups is 1. The Bertz CT molecular complexity index is 370. The molecule has 2 N–H and O–H groups in total. The van der Waals surface area contributed by atoms with Gasteiger partial charge in [0, 0.05) is 6.04 Å². The number of hydrogen-bond donors (Lipinski definition) is 2. The molecule has 0 bridgehead atoms.